The molecular formula is C20H29N5O2. The van der Waals surface area contributed by atoms with Crippen molar-refractivity contribution in [1.29, 1.82) is 0 Å². The molecule has 0 aliphatic carbocycles. The molecule has 2 heterocycles. The molecule has 2 N–H and O–H groups in total. The third-order valence-corrected chi connectivity index (χ3v) is 5.00. The first-order valence-corrected chi connectivity index (χ1v) is 9.65. The number of nitrogens with one attached hydrogen (secondary N) is 2. The van der Waals surface area contributed by atoms with Crippen LogP contribution < -0.4 is 15.4 Å². The van der Waals surface area contributed by atoms with Gasteiger partial charge in [0.25, 0.3) is 0 Å². The number of hydrogen-bond donors (Lipinski definition) is 2. The minimum Gasteiger partial charge on any atom is -0.497 e. The minimum absolute atomic E-state index is 0.153. The van der Waals surface area contributed by atoms with Crippen molar-refractivity contribution < 1.29 is 9.53 Å². The molecule has 1 saturated heterocycles. The molecule has 1 unspecified atom stereocenters. The Hall–Kier alpha value is -2.54. The number of carbonyl (C=O) groups excluding carboxylic acids is 1. The fourth-order valence-corrected chi connectivity index (χ4v) is 3.48. The van der Waals surface area contributed by atoms with E-state index in [1.807, 2.05) is 25.3 Å². The number of aromatic nitrogens is 2. The van der Waals surface area contributed by atoms with E-state index in [9.17, 15) is 4.79 Å². The Kier molecular flexibility index (Phi) is 6.70. The lowest BCUT2D eigenvalue weighted by Crippen LogP contribution is -2.41. The van der Waals surface area contributed by atoms with Gasteiger partial charge in [-0.25, -0.2) is 4.79 Å². The molecule has 1 aliphatic rings. The number of likely N-dealkylation sites (tertiary alicyclic amines) is 1. The average Bonchev–Trinajstić information content (AvgIpc) is 3.17. The molecule has 27 heavy (non-hydrogen) atoms. The first-order valence-electron chi connectivity index (χ1n) is 9.65. The highest BCUT2D eigenvalue weighted by Gasteiger charge is 2.23. The third-order valence-electron chi connectivity index (χ3n) is 5.00. The molecule has 1 aromatic heterocycles. The number of aryl methyl sites for hydroxylation is 1. The van der Waals surface area contributed by atoms with Crippen molar-refractivity contribution in [2.45, 2.75) is 38.8 Å². The molecule has 7 nitrogen and oxygen atoms in total. The Balaban J connectivity index is 1.63. The fraction of sp³-hybridized carbons (Fsp3) is 0.500. The van der Waals surface area contributed by atoms with Crippen molar-refractivity contribution in [2.24, 2.45) is 0 Å². The Labute approximate surface area is 160 Å². The van der Waals surface area contributed by atoms with Crippen LogP contribution in [0.15, 0.2) is 36.7 Å². The molecule has 1 fully saturated rings. The molecule has 0 radical (unpaired) electrons. The van der Waals surface area contributed by atoms with Crippen LogP contribution in [-0.2, 0) is 6.54 Å². The number of rotatable bonds is 7. The monoisotopic (exact) mass is 371 g/mol. The molecule has 1 atom stereocenters. The number of hydrogen-bond acceptors (Lipinski definition) is 4. The van der Waals surface area contributed by atoms with Crippen molar-refractivity contribution in [3.05, 3.63) is 42.2 Å². The average molecular weight is 371 g/mol. The van der Waals surface area contributed by atoms with Gasteiger partial charge in [-0.15, -0.1) is 0 Å². The fourth-order valence-electron chi connectivity index (χ4n) is 3.48. The smallest absolute Gasteiger partial charge is 0.319 e. The molecule has 7 heteroatoms. The highest BCUT2D eigenvalue weighted by molar-refractivity contribution is 5.88. The Morgan fingerprint density at radius 1 is 1.22 bits per heavy atom. The third kappa shape index (κ3) is 5.23. The van der Waals surface area contributed by atoms with E-state index >= 15 is 0 Å². The number of nitrogens with zero attached hydrogens (tertiary/aromatic N) is 3. The number of methoxy groups -OCH3 is 1. The van der Waals surface area contributed by atoms with Gasteiger partial charge in [0.1, 0.15) is 5.75 Å². The van der Waals surface area contributed by atoms with Gasteiger partial charge in [-0.3, -0.25) is 9.58 Å². The summed E-state index contributed by atoms with van der Waals surface area (Å²) in [5, 5.41) is 10.1. The number of benzene rings is 1. The molecule has 3 rings (SSSR count). The maximum absolute atomic E-state index is 12.3. The molecule has 1 aromatic carbocycles. The topological polar surface area (TPSA) is 71.4 Å². The highest BCUT2D eigenvalue weighted by Crippen LogP contribution is 2.25. The summed E-state index contributed by atoms with van der Waals surface area (Å²) in [6.07, 6.45) is 7.17. The van der Waals surface area contributed by atoms with Gasteiger partial charge in [0.05, 0.1) is 25.0 Å². The molecule has 1 aliphatic heterocycles. The molecule has 2 aromatic rings. The van der Waals surface area contributed by atoms with Crippen LogP contribution in [0.25, 0.3) is 0 Å². The van der Waals surface area contributed by atoms with Gasteiger partial charge in [-0.1, -0.05) is 18.6 Å². The standard InChI is InChI=1S/C20H29N5O2/c1-3-25-15-17(13-22-25)23-20(26)21-14-19(24-11-5-4-6-12-24)16-7-9-18(27-2)10-8-16/h7-10,13,15,19H,3-6,11-12,14H2,1-2H3,(H2,21,23,26). The quantitative estimate of drug-likeness (QED) is 0.784. The first-order chi connectivity index (χ1) is 13.2. The van der Waals surface area contributed by atoms with Crippen LogP contribution in [-0.4, -0.2) is 47.5 Å². The second kappa shape index (κ2) is 9.41. The largest absolute Gasteiger partial charge is 0.497 e. The normalized spacial score (nSPS) is 15.9. The Morgan fingerprint density at radius 3 is 2.59 bits per heavy atom. The number of piperidine rings is 1. The summed E-state index contributed by atoms with van der Waals surface area (Å²) in [5.41, 5.74) is 1.89. The lowest BCUT2D eigenvalue weighted by Gasteiger charge is -2.35. The second-order valence-electron chi connectivity index (χ2n) is 6.81. The summed E-state index contributed by atoms with van der Waals surface area (Å²) in [4.78, 5) is 14.8. The number of urea groups is 1. The Bertz CT molecular complexity index is 722. The van der Waals surface area contributed by atoms with E-state index < -0.39 is 0 Å². The van der Waals surface area contributed by atoms with Gasteiger partial charge >= 0.3 is 6.03 Å². The zero-order valence-corrected chi connectivity index (χ0v) is 16.1. The molecular weight excluding hydrogens is 342 g/mol. The predicted molar refractivity (Wildman–Crippen MR) is 106 cm³/mol. The zero-order chi connectivity index (χ0) is 19.1. The molecule has 146 valence electrons. The van der Waals surface area contributed by atoms with Crippen molar-refractivity contribution >= 4 is 11.7 Å². The van der Waals surface area contributed by atoms with E-state index in [2.05, 4.69) is 32.8 Å². The van der Waals surface area contributed by atoms with Gasteiger partial charge in [0.2, 0.25) is 0 Å². The van der Waals surface area contributed by atoms with E-state index in [0.717, 1.165) is 25.4 Å². The number of carbonyl (C=O) groups is 1. The number of amides is 2. The zero-order valence-electron chi connectivity index (χ0n) is 16.1. The molecule has 0 spiro atoms. The molecule has 0 bridgehead atoms. The minimum atomic E-state index is -0.207. The van der Waals surface area contributed by atoms with Crippen LogP contribution in [0.4, 0.5) is 10.5 Å². The highest BCUT2D eigenvalue weighted by atomic mass is 16.5. The summed E-state index contributed by atoms with van der Waals surface area (Å²) in [6.45, 7) is 5.46. The van der Waals surface area contributed by atoms with Crippen LogP contribution in [0.5, 0.6) is 5.75 Å². The van der Waals surface area contributed by atoms with E-state index in [-0.39, 0.29) is 12.1 Å². The van der Waals surface area contributed by atoms with Crippen molar-refractivity contribution in [2.75, 3.05) is 32.1 Å². The van der Waals surface area contributed by atoms with Crippen molar-refractivity contribution in [3.63, 3.8) is 0 Å². The summed E-state index contributed by atoms with van der Waals surface area (Å²) in [7, 11) is 1.67. The SMILES string of the molecule is CCn1cc(NC(=O)NCC(c2ccc(OC)cc2)N2CCCCC2)cn1. The summed E-state index contributed by atoms with van der Waals surface area (Å²) in [6, 6.07) is 8.07. The predicted octanol–water partition coefficient (Wildman–Crippen LogP) is 3.26. The first kappa shape index (κ1) is 19.2. The number of anilines is 1. The van der Waals surface area contributed by atoms with Gasteiger partial charge < -0.3 is 15.4 Å². The summed E-state index contributed by atoms with van der Waals surface area (Å²) in [5.74, 6) is 0.842. The van der Waals surface area contributed by atoms with Gasteiger partial charge in [0.15, 0.2) is 0 Å². The maximum Gasteiger partial charge on any atom is 0.319 e. The van der Waals surface area contributed by atoms with Crippen molar-refractivity contribution in [3.8, 4) is 5.75 Å². The van der Waals surface area contributed by atoms with Crippen molar-refractivity contribution in [1.82, 2.24) is 20.0 Å². The lowest BCUT2D eigenvalue weighted by molar-refractivity contribution is 0.161. The van der Waals surface area contributed by atoms with Gasteiger partial charge in [-0.2, -0.15) is 5.10 Å². The van der Waals surface area contributed by atoms with Crippen LogP contribution in [0.1, 0.15) is 37.8 Å². The molecule has 2 amide bonds. The van der Waals surface area contributed by atoms with Gasteiger partial charge in [0, 0.05) is 19.3 Å². The lowest BCUT2D eigenvalue weighted by atomic mass is 10.0. The van der Waals surface area contributed by atoms with Crippen LogP contribution >= 0.6 is 0 Å². The summed E-state index contributed by atoms with van der Waals surface area (Å²) < 4.78 is 7.05. The van der Waals surface area contributed by atoms with E-state index in [1.165, 1.54) is 24.8 Å². The number of ether oxygens (including phenoxy) is 1. The maximum atomic E-state index is 12.3. The van der Waals surface area contributed by atoms with Crippen LogP contribution in [0.3, 0.4) is 0 Å². The summed E-state index contributed by atoms with van der Waals surface area (Å²) >= 11 is 0. The van der Waals surface area contributed by atoms with Crippen LogP contribution in [0, 0.1) is 0 Å². The Morgan fingerprint density at radius 2 is 1.96 bits per heavy atom. The van der Waals surface area contributed by atoms with Crippen LogP contribution in [0.2, 0.25) is 0 Å². The van der Waals surface area contributed by atoms with E-state index in [1.54, 1.807) is 18.0 Å². The molecule has 0 saturated carbocycles. The van der Waals surface area contributed by atoms with E-state index in [4.69, 9.17) is 4.74 Å². The van der Waals surface area contributed by atoms with Gasteiger partial charge in [-0.05, 0) is 50.6 Å². The van der Waals surface area contributed by atoms with E-state index in [0.29, 0.717) is 12.2 Å². The second-order valence-corrected chi connectivity index (χ2v) is 6.81.